The van der Waals surface area contributed by atoms with Gasteiger partial charge < -0.3 is 20.1 Å². The third-order valence-electron chi connectivity index (χ3n) is 5.95. The van der Waals surface area contributed by atoms with E-state index in [1.807, 2.05) is 30.3 Å². The van der Waals surface area contributed by atoms with Gasteiger partial charge in [-0.1, -0.05) is 36.4 Å². The number of anilines is 1. The molecule has 190 valence electrons. The zero-order valence-corrected chi connectivity index (χ0v) is 19.7. The van der Waals surface area contributed by atoms with Crippen LogP contribution in [-0.2, 0) is 19.7 Å². The van der Waals surface area contributed by atoms with Gasteiger partial charge in [0.25, 0.3) is 11.5 Å². The summed E-state index contributed by atoms with van der Waals surface area (Å²) in [5.74, 6) is -0.962. The van der Waals surface area contributed by atoms with Crippen molar-refractivity contribution in [3.05, 3.63) is 94.2 Å². The topological polar surface area (TPSA) is 127 Å². The largest absolute Gasteiger partial charge is 0.481 e. The van der Waals surface area contributed by atoms with Gasteiger partial charge in [0.1, 0.15) is 25.1 Å². The Morgan fingerprint density at radius 2 is 2.00 bits per heavy atom. The zero-order chi connectivity index (χ0) is 25.8. The lowest BCUT2D eigenvalue weighted by Crippen LogP contribution is -2.32. The summed E-state index contributed by atoms with van der Waals surface area (Å²) in [4.78, 5) is 36.8. The first-order valence-corrected chi connectivity index (χ1v) is 11.6. The Morgan fingerprint density at radius 1 is 1.16 bits per heavy atom. The predicted octanol–water partition coefficient (Wildman–Crippen LogP) is 1.28. The number of fused-ring (bicyclic) bond motifs is 1. The van der Waals surface area contributed by atoms with Crippen molar-refractivity contribution in [2.24, 2.45) is 0 Å². The van der Waals surface area contributed by atoms with E-state index in [1.165, 1.54) is 40.1 Å². The van der Waals surface area contributed by atoms with Gasteiger partial charge in [0.05, 0.1) is 12.3 Å². The molecule has 5 rings (SSSR count). The SMILES string of the molecule is O=C(NCc1ccc(F)cc1-n1cncn1)c1nc2n(c(=O)c1OCc1ccccc1)CCN2CCO. The van der Waals surface area contributed by atoms with Crippen molar-refractivity contribution in [1.29, 1.82) is 0 Å². The minimum absolute atomic E-state index is 0.00683. The second-order valence-corrected chi connectivity index (χ2v) is 8.33. The molecule has 1 aliphatic heterocycles. The van der Waals surface area contributed by atoms with Crippen molar-refractivity contribution in [2.45, 2.75) is 19.7 Å². The number of hydrogen-bond acceptors (Lipinski definition) is 8. The molecule has 0 aliphatic carbocycles. The number of amides is 1. The van der Waals surface area contributed by atoms with Crippen molar-refractivity contribution in [3.63, 3.8) is 0 Å². The number of aromatic nitrogens is 5. The molecule has 0 spiro atoms. The molecule has 2 aromatic carbocycles. The van der Waals surface area contributed by atoms with Crippen LogP contribution in [0.25, 0.3) is 5.69 Å². The summed E-state index contributed by atoms with van der Waals surface area (Å²) in [6.45, 7) is 1.07. The van der Waals surface area contributed by atoms with E-state index < -0.39 is 17.3 Å². The second-order valence-electron chi connectivity index (χ2n) is 8.33. The minimum Gasteiger partial charge on any atom is -0.481 e. The monoisotopic (exact) mass is 505 g/mol. The van der Waals surface area contributed by atoms with Crippen molar-refractivity contribution in [2.75, 3.05) is 24.6 Å². The molecule has 0 saturated heterocycles. The highest BCUT2D eigenvalue weighted by molar-refractivity contribution is 5.95. The van der Waals surface area contributed by atoms with Crippen LogP contribution in [0.3, 0.4) is 0 Å². The third-order valence-corrected chi connectivity index (χ3v) is 5.95. The van der Waals surface area contributed by atoms with Crippen LogP contribution in [0.4, 0.5) is 10.3 Å². The lowest BCUT2D eigenvalue weighted by Gasteiger charge is -2.18. The van der Waals surface area contributed by atoms with Gasteiger partial charge >= 0.3 is 0 Å². The molecular weight excluding hydrogens is 481 g/mol. The number of halogens is 1. The highest BCUT2D eigenvalue weighted by Gasteiger charge is 2.29. The second kappa shape index (κ2) is 10.6. The van der Waals surface area contributed by atoms with Gasteiger partial charge in [-0.3, -0.25) is 14.2 Å². The molecule has 11 nitrogen and oxygen atoms in total. The Labute approximate surface area is 210 Å². The number of carbonyl (C=O) groups excluding carboxylic acids is 1. The molecule has 0 radical (unpaired) electrons. The summed E-state index contributed by atoms with van der Waals surface area (Å²) in [6.07, 6.45) is 2.75. The maximum atomic E-state index is 13.9. The maximum Gasteiger partial charge on any atom is 0.298 e. The van der Waals surface area contributed by atoms with Crippen LogP contribution in [0.5, 0.6) is 5.75 Å². The van der Waals surface area contributed by atoms with E-state index in [0.717, 1.165) is 5.56 Å². The number of β-amino-alcohol motifs (C(OH)–C–C–N with tert-alkyl or cyclic N) is 1. The molecule has 1 amide bonds. The van der Waals surface area contributed by atoms with Crippen LogP contribution in [0.1, 0.15) is 21.6 Å². The quantitative estimate of drug-likeness (QED) is 0.348. The van der Waals surface area contributed by atoms with Crippen molar-refractivity contribution < 1.29 is 19.0 Å². The van der Waals surface area contributed by atoms with Gasteiger partial charge in [-0.05, 0) is 23.3 Å². The summed E-state index contributed by atoms with van der Waals surface area (Å²) < 4.78 is 22.6. The van der Waals surface area contributed by atoms with E-state index in [1.54, 1.807) is 4.90 Å². The summed E-state index contributed by atoms with van der Waals surface area (Å²) in [7, 11) is 0. The molecule has 0 unspecified atom stereocenters. The average molecular weight is 506 g/mol. The fourth-order valence-corrected chi connectivity index (χ4v) is 4.13. The first-order chi connectivity index (χ1) is 18.0. The first-order valence-electron chi connectivity index (χ1n) is 11.6. The Bertz CT molecular complexity index is 1460. The third kappa shape index (κ3) is 5.05. The van der Waals surface area contributed by atoms with Gasteiger partial charge in [0.2, 0.25) is 11.7 Å². The molecular formula is C25H24FN7O4. The number of carbonyl (C=O) groups is 1. The van der Waals surface area contributed by atoms with Gasteiger partial charge in [0, 0.05) is 26.2 Å². The van der Waals surface area contributed by atoms with Crippen LogP contribution in [0.2, 0.25) is 0 Å². The lowest BCUT2D eigenvalue weighted by atomic mass is 10.1. The number of benzene rings is 2. The highest BCUT2D eigenvalue weighted by Crippen LogP contribution is 2.23. The number of nitrogens with zero attached hydrogens (tertiary/aromatic N) is 6. The number of nitrogens with one attached hydrogen (secondary N) is 1. The standard InChI is InChI=1S/C25H24FN7O4/c26-19-7-6-18(20(12-19)33-16-27-15-29-33)13-28-23(35)21-22(37-14-17-4-2-1-3-5-17)24(36)32-9-8-31(10-11-34)25(32)30-21/h1-7,12,15-16,34H,8-11,13-14H2,(H,28,35). The lowest BCUT2D eigenvalue weighted by molar-refractivity contribution is 0.0940. The van der Waals surface area contributed by atoms with Gasteiger partial charge in [0.15, 0.2) is 5.69 Å². The molecule has 37 heavy (non-hydrogen) atoms. The summed E-state index contributed by atoms with van der Waals surface area (Å²) >= 11 is 0. The van der Waals surface area contributed by atoms with Gasteiger partial charge in [-0.2, -0.15) is 5.10 Å². The summed E-state index contributed by atoms with van der Waals surface area (Å²) in [5, 5.41) is 16.2. The molecule has 0 saturated carbocycles. The van der Waals surface area contributed by atoms with Gasteiger partial charge in [-0.25, -0.2) is 19.0 Å². The minimum atomic E-state index is -0.631. The average Bonchev–Trinajstić information content (AvgIpc) is 3.59. The number of rotatable bonds is 9. The molecule has 2 aromatic heterocycles. The van der Waals surface area contributed by atoms with Gasteiger partial charge in [-0.15, -0.1) is 0 Å². The predicted molar refractivity (Wildman–Crippen MR) is 131 cm³/mol. The number of aliphatic hydroxyl groups excluding tert-OH is 1. The van der Waals surface area contributed by atoms with Crippen LogP contribution in [-0.4, -0.2) is 55.0 Å². The van der Waals surface area contributed by atoms with E-state index >= 15 is 0 Å². The molecule has 4 aromatic rings. The zero-order valence-electron chi connectivity index (χ0n) is 19.7. The van der Waals surface area contributed by atoms with E-state index in [9.17, 15) is 19.1 Å². The van der Waals surface area contributed by atoms with E-state index in [4.69, 9.17) is 4.74 Å². The Hall–Kier alpha value is -4.58. The van der Waals surface area contributed by atoms with E-state index in [-0.39, 0.29) is 37.7 Å². The molecule has 0 fully saturated rings. The first kappa shape index (κ1) is 24.1. The number of aliphatic hydroxyl groups is 1. The Morgan fingerprint density at radius 3 is 2.76 bits per heavy atom. The summed E-state index contributed by atoms with van der Waals surface area (Å²) in [6, 6.07) is 13.4. The van der Waals surface area contributed by atoms with Crippen molar-refractivity contribution in [1.82, 2.24) is 29.6 Å². The highest BCUT2D eigenvalue weighted by atomic mass is 19.1. The summed E-state index contributed by atoms with van der Waals surface area (Å²) in [5.41, 5.74) is 1.17. The van der Waals surface area contributed by atoms with E-state index in [2.05, 4.69) is 20.4 Å². The van der Waals surface area contributed by atoms with Crippen LogP contribution < -0.4 is 20.5 Å². The van der Waals surface area contributed by atoms with E-state index in [0.29, 0.717) is 30.3 Å². The fraction of sp³-hybridized carbons (Fsp3) is 0.240. The van der Waals surface area contributed by atoms with Crippen LogP contribution >= 0.6 is 0 Å². The van der Waals surface area contributed by atoms with Crippen molar-refractivity contribution in [3.8, 4) is 11.4 Å². The maximum absolute atomic E-state index is 13.9. The Balaban J connectivity index is 1.45. The molecule has 0 atom stereocenters. The smallest absolute Gasteiger partial charge is 0.298 e. The molecule has 3 heterocycles. The van der Waals surface area contributed by atoms with Crippen LogP contribution in [0.15, 0.2) is 66.0 Å². The molecule has 0 bridgehead atoms. The number of hydrogen-bond donors (Lipinski definition) is 2. The number of ether oxygens (including phenoxy) is 1. The fourth-order valence-electron chi connectivity index (χ4n) is 4.13. The van der Waals surface area contributed by atoms with Crippen LogP contribution in [0, 0.1) is 5.82 Å². The normalized spacial score (nSPS) is 12.4. The molecule has 12 heteroatoms. The van der Waals surface area contributed by atoms with Crippen molar-refractivity contribution >= 4 is 11.9 Å². The molecule has 2 N–H and O–H groups in total. The Kier molecular flexibility index (Phi) is 6.90. The molecule has 1 aliphatic rings.